The van der Waals surface area contributed by atoms with Crippen LogP contribution in [0.5, 0.6) is 5.75 Å². The van der Waals surface area contributed by atoms with Crippen LogP contribution in [0.15, 0.2) is 36.4 Å². The van der Waals surface area contributed by atoms with Crippen molar-refractivity contribution >= 4 is 32.6 Å². The van der Waals surface area contributed by atoms with E-state index in [4.69, 9.17) is 9.72 Å². The van der Waals surface area contributed by atoms with Gasteiger partial charge in [-0.25, -0.2) is 4.98 Å². The van der Waals surface area contributed by atoms with Gasteiger partial charge in [0.15, 0.2) is 5.13 Å². The zero-order valence-corrected chi connectivity index (χ0v) is 20.1. The SMILES string of the molecule is CCCCCOc1cccc(C(=O)N(CCN(C)C)c2nc3c(C)c(C)ccc3s2)c1. The number of carbonyl (C=O) groups is 1. The van der Waals surface area contributed by atoms with Crippen LogP contribution in [0.1, 0.15) is 47.7 Å². The Morgan fingerprint density at radius 3 is 2.65 bits per heavy atom. The van der Waals surface area contributed by atoms with Crippen LogP contribution in [0.4, 0.5) is 5.13 Å². The van der Waals surface area contributed by atoms with Crippen molar-refractivity contribution in [3.05, 3.63) is 53.1 Å². The molecule has 2 aromatic carbocycles. The number of nitrogens with zero attached hydrogens (tertiary/aromatic N) is 3. The van der Waals surface area contributed by atoms with E-state index in [2.05, 4.69) is 37.8 Å². The number of ether oxygens (including phenoxy) is 1. The number of thiazole rings is 1. The molecule has 0 radical (unpaired) electrons. The monoisotopic (exact) mass is 439 g/mol. The van der Waals surface area contributed by atoms with Crippen molar-refractivity contribution < 1.29 is 9.53 Å². The van der Waals surface area contributed by atoms with Gasteiger partial charge < -0.3 is 9.64 Å². The Kier molecular flexibility index (Phi) is 8.04. The summed E-state index contributed by atoms with van der Waals surface area (Å²) < 4.78 is 6.97. The molecule has 31 heavy (non-hydrogen) atoms. The lowest BCUT2D eigenvalue weighted by molar-refractivity contribution is 0.0984. The highest BCUT2D eigenvalue weighted by molar-refractivity contribution is 7.22. The molecular formula is C25H33N3O2S. The largest absolute Gasteiger partial charge is 0.494 e. The van der Waals surface area contributed by atoms with Crippen LogP contribution < -0.4 is 9.64 Å². The van der Waals surface area contributed by atoms with Gasteiger partial charge in [-0.15, -0.1) is 0 Å². The summed E-state index contributed by atoms with van der Waals surface area (Å²) in [4.78, 5) is 22.3. The van der Waals surface area contributed by atoms with E-state index in [-0.39, 0.29) is 5.91 Å². The number of aryl methyl sites for hydroxylation is 2. The summed E-state index contributed by atoms with van der Waals surface area (Å²) in [7, 11) is 4.03. The lowest BCUT2D eigenvalue weighted by Crippen LogP contribution is -2.36. The zero-order valence-electron chi connectivity index (χ0n) is 19.3. The van der Waals surface area contributed by atoms with Gasteiger partial charge in [0, 0.05) is 18.7 Å². The van der Waals surface area contributed by atoms with E-state index in [1.54, 1.807) is 16.2 Å². The van der Waals surface area contributed by atoms with Gasteiger partial charge in [-0.3, -0.25) is 9.69 Å². The molecule has 0 aliphatic heterocycles. The van der Waals surface area contributed by atoms with Crippen LogP contribution in [0.2, 0.25) is 0 Å². The predicted molar refractivity (Wildman–Crippen MR) is 131 cm³/mol. The molecule has 0 aliphatic rings. The Bertz CT molecular complexity index is 1030. The van der Waals surface area contributed by atoms with Crippen molar-refractivity contribution in [1.82, 2.24) is 9.88 Å². The summed E-state index contributed by atoms with van der Waals surface area (Å²) in [6.45, 7) is 8.36. The highest BCUT2D eigenvalue weighted by Gasteiger charge is 2.22. The molecule has 3 rings (SSSR count). The van der Waals surface area contributed by atoms with E-state index >= 15 is 0 Å². The number of likely N-dealkylation sites (N-methyl/N-ethyl adjacent to an activating group) is 1. The Morgan fingerprint density at radius 1 is 1.10 bits per heavy atom. The number of unbranched alkanes of at least 4 members (excludes halogenated alkanes) is 2. The standard InChI is InChI=1S/C25H33N3O2S/c1-6-7-8-16-30-21-11-9-10-20(17-21)24(29)28(15-14-27(4)5)25-26-23-19(3)18(2)12-13-22(23)31-25/h9-13,17H,6-8,14-16H2,1-5H3. The average molecular weight is 440 g/mol. The molecule has 166 valence electrons. The van der Waals surface area contributed by atoms with Crippen LogP contribution in [0.3, 0.4) is 0 Å². The van der Waals surface area contributed by atoms with Gasteiger partial charge >= 0.3 is 0 Å². The van der Waals surface area contributed by atoms with Crippen LogP contribution in [-0.4, -0.2) is 49.6 Å². The third kappa shape index (κ3) is 5.83. The molecule has 0 unspecified atom stereocenters. The minimum absolute atomic E-state index is 0.0470. The summed E-state index contributed by atoms with van der Waals surface area (Å²) in [6, 6.07) is 11.7. The Morgan fingerprint density at radius 2 is 1.90 bits per heavy atom. The second-order valence-corrected chi connectivity index (χ2v) is 9.20. The molecule has 0 atom stereocenters. The number of anilines is 1. The average Bonchev–Trinajstić information content (AvgIpc) is 3.19. The van der Waals surface area contributed by atoms with E-state index in [9.17, 15) is 4.79 Å². The van der Waals surface area contributed by atoms with Gasteiger partial charge in [-0.2, -0.15) is 0 Å². The Labute approximate surface area is 189 Å². The van der Waals surface area contributed by atoms with Crippen molar-refractivity contribution in [2.45, 2.75) is 40.0 Å². The molecule has 5 nitrogen and oxygen atoms in total. The smallest absolute Gasteiger partial charge is 0.260 e. The first kappa shape index (κ1) is 23.2. The van der Waals surface area contributed by atoms with Gasteiger partial charge in [0.1, 0.15) is 5.75 Å². The second-order valence-electron chi connectivity index (χ2n) is 8.19. The first-order chi connectivity index (χ1) is 14.9. The first-order valence-electron chi connectivity index (χ1n) is 11.0. The zero-order chi connectivity index (χ0) is 22.4. The minimum Gasteiger partial charge on any atom is -0.494 e. The molecule has 0 bridgehead atoms. The fourth-order valence-corrected chi connectivity index (χ4v) is 4.38. The van der Waals surface area contributed by atoms with Crippen molar-refractivity contribution in [3.8, 4) is 5.75 Å². The van der Waals surface area contributed by atoms with Crippen LogP contribution in [0.25, 0.3) is 10.2 Å². The molecule has 0 spiro atoms. The van der Waals surface area contributed by atoms with E-state index in [0.717, 1.165) is 46.9 Å². The number of hydrogen-bond acceptors (Lipinski definition) is 5. The van der Waals surface area contributed by atoms with E-state index in [1.807, 2.05) is 38.4 Å². The quantitative estimate of drug-likeness (QED) is 0.381. The molecule has 0 fully saturated rings. The fraction of sp³-hybridized carbons (Fsp3) is 0.440. The van der Waals surface area contributed by atoms with Crippen molar-refractivity contribution in [3.63, 3.8) is 0 Å². The van der Waals surface area contributed by atoms with Crippen molar-refractivity contribution in [2.24, 2.45) is 0 Å². The Balaban J connectivity index is 1.88. The molecule has 0 N–H and O–H groups in total. The summed E-state index contributed by atoms with van der Waals surface area (Å²) in [5.74, 6) is 0.694. The van der Waals surface area contributed by atoms with E-state index in [1.165, 1.54) is 11.1 Å². The molecule has 0 saturated heterocycles. The normalized spacial score (nSPS) is 11.3. The molecule has 3 aromatic rings. The molecule has 6 heteroatoms. The van der Waals surface area contributed by atoms with Gasteiger partial charge in [-0.1, -0.05) is 43.2 Å². The summed E-state index contributed by atoms with van der Waals surface area (Å²) in [6.07, 6.45) is 3.32. The Hall–Kier alpha value is -2.44. The highest BCUT2D eigenvalue weighted by Crippen LogP contribution is 2.32. The van der Waals surface area contributed by atoms with Gasteiger partial charge in [0.2, 0.25) is 0 Å². The fourth-order valence-electron chi connectivity index (χ4n) is 3.33. The number of fused-ring (bicyclic) bond motifs is 1. The molecule has 1 amide bonds. The number of hydrogen-bond donors (Lipinski definition) is 0. The van der Waals surface area contributed by atoms with Crippen molar-refractivity contribution in [1.29, 1.82) is 0 Å². The van der Waals surface area contributed by atoms with Gasteiger partial charge in [0.05, 0.1) is 16.8 Å². The molecule has 0 saturated carbocycles. The maximum atomic E-state index is 13.5. The minimum atomic E-state index is -0.0470. The first-order valence-corrected chi connectivity index (χ1v) is 11.8. The lowest BCUT2D eigenvalue weighted by Gasteiger charge is -2.22. The molecule has 1 aromatic heterocycles. The van der Waals surface area contributed by atoms with Crippen LogP contribution >= 0.6 is 11.3 Å². The summed E-state index contributed by atoms with van der Waals surface area (Å²) in [5.41, 5.74) is 3.99. The lowest BCUT2D eigenvalue weighted by atomic mass is 10.1. The third-order valence-electron chi connectivity index (χ3n) is 5.42. The number of amides is 1. The molecule has 1 heterocycles. The summed E-state index contributed by atoms with van der Waals surface area (Å²) >= 11 is 1.57. The van der Waals surface area contributed by atoms with E-state index < -0.39 is 0 Å². The number of rotatable bonds is 10. The van der Waals surface area contributed by atoms with Crippen molar-refractivity contribution in [2.75, 3.05) is 38.7 Å². The van der Waals surface area contributed by atoms with Gasteiger partial charge in [-0.05, 0) is 69.8 Å². The number of aromatic nitrogens is 1. The third-order valence-corrected chi connectivity index (χ3v) is 6.46. The molecular weight excluding hydrogens is 406 g/mol. The number of carbonyl (C=O) groups excluding carboxylic acids is 1. The van der Waals surface area contributed by atoms with Gasteiger partial charge in [0.25, 0.3) is 5.91 Å². The maximum absolute atomic E-state index is 13.5. The van der Waals surface area contributed by atoms with Crippen LogP contribution in [-0.2, 0) is 0 Å². The topological polar surface area (TPSA) is 45.7 Å². The second kappa shape index (κ2) is 10.7. The van der Waals surface area contributed by atoms with E-state index in [0.29, 0.717) is 18.7 Å². The predicted octanol–water partition coefficient (Wildman–Crippen LogP) is 5.69. The maximum Gasteiger partial charge on any atom is 0.260 e. The number of benzene rings is 2. The molecule has 0 aliphatic carbocycles. The summed E-state index contributed by atoms with van der Waals surface area (Å²) in [5, 5.41) is 0.741. The highest BCUT2D eigenvalue weighted by atomic mass is 32.1. The van der Waals surface area contributed by atoms with Crippen LogP contribution in [0, 0.1) is 13.8 Å².